The van der Waals surface area contributed by atoms with E-state index in [1.807, 2.05) is 18.2 Å². The maximum Gasteiger partial charge on any atom is 0.165 e. The van der Waals surface area contributed by atoms with Crippen molar-refractivity contribution in [2.75, 3.05) is 18.0 Å². The number of para-hydroxylation sites is 1. The van der Waals surface area contributed by atoms with Crippen LogP contribution in [0.3, 0.4) is 0 Å². The quantitative estimate of drug-likeness (QED) is 0.908. The van der Waals surface area contributed by atoms with Gasteiger partial charge in [-0.25, -0.2) is 9.97 Å². The van der Waals surface area contributed by atoms with Crippen molar-refractivity contribution in [1.82, 2.24) is 9.97 Å². The summed E-state index contributed by atoms with van der Waals surface area (Å²) in [4.78, 5) is 12.2. The van der Waals surface area contributed by atoms with Crippen molar-refractivity contribution in [3.05, 3.63) is 35.5 Å². The largest absolute Gasteiger partial charge is 0.507 e. The van der Waals surface area contributed by atoms with E-state index in [1.165, 1.54) is 36.9 Å². The predicted molar refractivity (Wildman–Crippen MR) is 96.4 cm³/mol. The minimum Gasteiger partial charge on any atom is -0.507 e. The van der Waals surface area contributed by atoms with Gasteiger partial charge >= 0.3 is 0 Å². The highest BCUT2D eigenvalue weighted by Gasteiger charge is 2.26. The molecule has 2 aliphatic rings. The number of aryl methyl sites for hydroxylation is 1. The molecule has 0 spiro atoms. The maximum atomic E-state index is 10.2. The van der Waals surface area contributed by atoms with E-state index in [0.717, 1.165) is 37.3 Å². The molecule has 4 heteroatoms. The molecule has 1 aromatic heterocycles. The third-order valence-electron chi connectivity index (χ3n) is 5.30. The van der Waals surface area contributed by atoms with Crippen molar-refractivity contribution in [3.63, 3.8) is 0 Å². The molecule has 4 nitrogen and oxygen atoms in total. The first kappa shape index (κ1) is 15.4. The van der Waals surface area contributed by atoms with Crippen LogP contribution in [0.5, 0.6) is 5.75 Å². The van der Waals surface area contributed by atoms with E-state index in [9.17, 15) is 5.11 Å². The van der Waals surface area contributed by atoms with E-state index in [1.54, 1.807) is 6.07 Å². The molecule has 1 saturated heterocycles. The van der Waals surface area contributed by atoms with Crippen LogP contribution < -0.4 is 4.90 Å². The van der Waals surface area contributed by atoms with Crippen molar-refractivity contribution >= 4 is 5.82 Å². The topological polar surface area (TPSA) is 49.3 Å². The van der Waals surface area contributed by atoms with Gasteiger partial charge in [-0.05, 0) is 56.6 Å². The van der Waals surface area contributed by atoms with Crippen LogP contribution in [0.25, 0.3) is 11.4 Å². The van der Waals surface area contributed by atoms with Crippen LogP contribution in [-0.4, -0.2) is 28.2 Å². The fourth-order valence-electron chi connectivity index (χ4n) is 3.92. The Balaban J connectivity index is 1.83. The molecular weight excluding hydrogens is 298 g/mol. The molecule has 0 amide bonds. The van der Waals surface area contributed by atoms with Crippen LogP contribution in [0.1, 0.15) is 43.9 Å². The van der Waals surface area contributed by atoms with E-state index in [-0.39, 0.29) is 5.75 Å². The Morgan fingerprint density at radius 2 is 1.88 bits per heavy atom. The minimum absolute atomic E-state index is 0.256. The number of benzene rings is 1. The number of anilines is 1. The number of aromatic hydroxyl groups is 1. The summed E-state index contributed by atoms with van der Waals surface area (Å²) in [7, 11) is 0. The lowest BCUT2D eigenvalue weighted by Gasteiger charge is -2.32. The number of phenols is 1. The van der Waals surface area contributed by atoms with E-state index in [0.29, 0.717) is 11.7 Å². The van der Waals surface area contributed by atoms with Crippen LogP contribution in [0.15, 0.2) is 24.3 Å². The van der Waals surface area contributed by atoms with Crippen molar-refractivity contribution in [1.29, 1.82) is 0 Å². The van der Waals surface area contributed by atoms with Crippen molar-refractivity contribution in [2.24, 2.45) is 5.92 Å². The van der Waals surface area contributed by atoms with E-state index < -0.39 is 0 Å². The molecule has 1 unspecified atom stereocenters. The lowest BCUT2D eigenvalue weighted by atomic mass is 9.87. The molecule has 0 radical (unpaired) electrons. The average molecular weight is 323 g/mol. The molecule has 126 valence electrons. The molecule has 0 bridgehead atoms. The minimum atomic E-state index is 0.256. The number of piperidine rings is 1. The summed E-state index contributed by atoms with van der Waals surface area (Å²) in [6.45, 7) is 4.48. The monoisotopic (exact) mass is 323 g/mol. The molecular formula is C20H25N3O. The molecule has 1 aliphatic carbocycles. The molecule has 2 heterocycles. The first-order valence-corrected chi connectivity index (χ1v) is 9.15. The number of phenolic OH excluding ortho intramolecular Hbond substituents is 1. The highest BCUT2D eigenvalue weighted by Crippen LogP contribution is 2.35. The first-order valence-electron chi connectivity index (χ1n) is 9.15. The highest BCUT2D eigenvalue weighted by molar-refractivity contribution is 5.66. The molecule has 1 atom stereocenters. The molecule has 1 fully saturated rings. The number of fused-ring (bicyclic) bond motifs is 1. The van der Waals surface area contributed by atoms with Gasteiger partial charge in [0.1, 0.15) is 11.6 Å². The Hall–Kier alpha value is -2.10. The zero-order valence-electron chi connectivity index (χ0n) is 14.3. The second-order valence-electron chi connectivity index (χ2n) is 7.21. The standard InChI is InChI=1S/C20H25N3O/c1-14-9-10-17-16(13-14)20(23-11-5-2-6-12-23)22-19(21-17)15-7-3-4-8-18(15)24/h3-4,7-8,14,24H,2,5-6,9-13H2,1H3. The molecule has 1 aliphatic heterocycles. The normalized spacial score (nSPS) is 20.7. The van der Waals surface area contributed by atoms with E-state index >= 15 is 0 Å². The van der Waals surface area contributed by atoms with Crippen LogP contribution in [0.4, 0.5) is 5.82 Å². The zero-order chi connectivity index (χ0) is 16.5. The van der Waals surface area contributed by atoms with Crippen LogP contribution >= 0.6 is 0 Å². The Morgan fingerprint density at radius 3 is 2.67 bits per heavy atom. The van der Waals surface area contributed by atoms with Gasteiger partial charge in [0.05, 0.1) is 5.56 Å². The summed E-state index contributed by atoms with van der Waals surface area (Å²) < 4.78 is 0. The number of rotatable bonds is 2. The van der Waals surface area contributed by atoms with Gasteiger partial charge in [-0.3, -0.25) is 0 Å². The number of aromatic nitrogens is 2. The molecule has 1 aromatic carbocycles. The van der Waals surface area contributed by atoms with E-state index in [2.05, 4.69) is 11.8 Å². The lowest BCUT2D eigenvalue weighted by molar-refractivity contribution is 0.475. The summed E-state index contributed by atoms with van der Waals surface area (Å²) >= 11 is 0. The fourth-order valence-corrected chi connectivity index (χ4v) is 3.92. The molecule has 0 saturated carbocycles. The molecule has 4 rings (SSSR count). The second kappa shape index (κ2) is 6.42. The lowest BCUT2D eigenvalue weighted by Crippen LogP contribution is -2.32. The number of nitrogens with zero attached hydrogens (tertiary/aromatic N) is 3. The van der Waals surface area contributed by atoms with Gasteiger partial charge in [0.15, 0.2) is 5.82 Å². The molecule has 24 heavy (non-hydrogen) atoms. The molecule has 1 N–H and O–H groups in total. The number of hydrogen-bond acceptors (Lipinski definition) is 4. The second-order valence-corrected chi connectivity index (χ2v) is 7.21. The van der Waals surface area contributed by atoms with Crippen molar-refractivity contribution in [3.8, 4) is 17.1 Å². The van der Waals surface area contributed by atoms with Gasteiger partial charge in [-0.1, -0.05) is 19.1 Å². The van der Waals surface area contributed by atoms with Crippen molar-refractivity contribution in [2.45, 2.75) is 45.4 Å². The van der Waals surface area contributed by atoms with E-state index in [4.69, 9.17) is 9.97 Å². The number of hydrogen-bond donors (Lipinski definition) is 1. The average Bonchev–Trinajstić information content (AvgIpc) is 2.62. The Labute approximate surface area is 143 Å². The molecule has 2 aromatic rings. The van der Waals surface area contributed by atoms with Gasteiger partial charge in [0, 0.05) is 24.3 Å². The smallest absolute Gasteiger partial charge is 0.165 e. The van der Waals surface area contributed by atoms with Crippen LogP contribution in [-0.2, 0) is 12.8 Å². The van der Waals surface area contributed by atoms with Gasteiger partial charge in [-0.15, -0.1) is 0 Å². The summed E-state index contributed by atoms with van der Waals surface area (Å²) in [6.07, 6.45) is 7.05. The summed E-state index contributed by atoms with van der Waals surface area (Å²) in [5, 5.41) is 10.2. The van der Waals surface area contributed by atoms with Gasteiger partial charge in [0.2, 0.25) is 0 Å². The Kier molecular flexibility index (Phi) is 4.13. The summed E-state index contributed by atoms with van der Waals surface area (Å²) in [5.74, 6) is 2.73. The van der Waals surface area contributed by atoms with Gasteiger partial charge < -0.3 is 10.0 Å². The summed E-state index contributed by atoms with van der Waals surface area (Å²) in [5.41, 5.74) is 3.26. The van der Waals surface area contributed by atoms with Gasteiger partial charge in [-0.2, -0.15) is 0 Å². The third-order valence-corrected chi connectivity index (χ3v) is 5.30. The van der Waals surface area contributed by atoms with Gasteiger partial charge in [0.25, 0.3) is 0 Å². The van der Waals surface area contributed by atoms with Crippen LogP contribution in [0.2, 0.25) is 0 Å². The Morgan fingerprint density at radius 1 is 1.08 bits per heavy atom. The first-order chi connectivity index (χ1) is 11.7. The highest BCUT2D eigenvalue weighted by atomic mass is 16.3. The summed E-state index contributed by atoms with van der Waals surface area (Å²) in [6, 6.07) is 7.38. The zero-order valence-corrected chi connectivity index (χ0v) is 14.3. The SMILES string of the molecule is CC1CCc2nc(-c3ccccc3O)nc(N3CCCCC3)c2C1. The third kappa shape index (κ3) is 2.85. The maximum absolute atomic E-state index is 10.2. The Bertz CT molecular complexity index is 738. The fraction of sp³-hybridized carbons (Fsp3) is 0.500. The predicted octanol–water partition coefficient (Wildman–Crippen LogP) is 3.96. The van der Waals surface area contributed by atoms with Crippen LogP contribution in [0, 0.1) is 5.92 Å². The van der Waals surface area contributed by atoms with Crippen molar-refractivity contribution < 1.29 is 5.11 Å².